The molecule has 1 aromatic rings. The molecule has 0 aliphatic carbocycles. The third-order valence-corrected chi connectivity index (χ3v) is 2.50. The molecule has 1 rings (SSSR count). The molecule has 8 heteroatoms. The molecule has 0 aromatic carbocycles. The van der Waals surface area contributed by atoms with E-state index in [0.717, 1.165) is 12.3 Å². The highest BCUT2D eigenvalue weighted by Gasteiger charge is 2.17. The fraction of sp³-hybridized carbons (Fsp3) is 0.400. The van der Waals surface area contributed by atoms with Crippen molar-refractivity contribution in [2.75, 3.05) is 6.61 Å². The van der Waals surface area contributed by atoms with Crippen LogP contribution in [0.5, 0.6) is 0 Å². The van der Waals surface area contributed by atoms with Crippen LogP contribution < -0.4 is 5.56 Å². The molecule has 0 unspecified atom stereocenters. The summed E-state index contributed by atoms with van der Waals surface area (Å²) >= 11 is 0. The molecular formula is C10H15NO6S. The summed E-state index contributed by atoms with van der Waals surface area (Å²) in [5, 5.41) is 0. The third-order valence-electron chi connectivity index (χ3n) is 1.67. The third kappa shape index (κ3) is 4.30. The predicted octanol–water partition coefficient (Wildman–Crippen LogP) is 0.825. The summed E-state index contributed by atoms with van der Waals surface area (Å²) in [6.07, 6.45) is 0.792. The number of pyridine rings is 1. The molecule has 1 heterocycles. The minimum Gasteiger partial charge on any atom is -0.462 e. The summed E-state index contributed by atoms with van der Waals surface area (Å²) in [6.45, 7) is 5.59. The normalized spacial score (nSPS) is 10.2. The van der Waals surface area contributed by atoms with Crippen molar-refractivity contribution in [3.63, 3.8) is 0 Å². The molecule has 18 heavy (non-hydrogen) atoms. The van der Waals surface area contributed by atoms with E-state index >= 15 is 0 Å². The number of carbonyl (C=O) groups is 1. The fourth-order valence-electron chi connectivity index (χ4n) is 0.973. The highest BCUT2D eigenvalue weighted by molar-refractivity contribution is 7.85. The molecule has 0 spiro atoms. The van der Waals surface area contributed by atoms with E-state index in [-0.39, 0.29) is 6.61 Å². The molecule has 2 N–H and O–H groups in total. The molecular weight excluding hydrogens is 262 g/mol. The van der Waals surface area contributed by atoms with Crippen molar-refractivity contribution >= 4 is 16.1 Å². The molecule has 0 atom stereocenters. The Hall–Kier alpha value is -1.67. The van der Waals surface area contributed by atoms with Gasteiger partial charge in [-0.3, -0.25) is 9.35 Å². The van der Waals surface area contributed by atoms with E-state index in [1.165, 1.54) is 0 Å². The molecule has 0 aliphatic rings. The van der Waals surface area contributed by atoms with E-state index in [4.69, 9.17) is 4.55 Å². The molecule has 0 aliphatic heterocycles. The Bertz CT molecular complexity index is 560. The summed E-state index contributed by atoms with van der Waals surface area (Å²) < 4.78 is 34.8. The maximum absolute atomic E-state index is 11.2. The van der Waals surface area contributed by atoms with Gasteiger partial charge in [0.25, 0.3) is 15.7 Å². The van der Waals surface area contributed by atoms with Crippen LogP contribution in [0.1, 0.15) is 31.1 Å². The Labute approximate surface area is 105 Å². The van der Waals surface area contributed by atoms with Crippen molar-refractivity contribution < 1.29 is 22.5 Å². The molecule has 1 aromatic heterocycles. The fourth-order valence-corrected chi connectivity index (χ4v) is 1.45. The van der Waals surface area contributed by atoms with Gasteiger partial charge in [-0.25, -0.2) is 4.79 Å². The van der Waals surface area contributed by atoms with E-state index in [1.54, 1.807) is 6.92 Å². The number of aromatic amines is 1. The lowest BCUT2D eigenvalue weighted by atomic mass is 10.3. The standard InChI is InChI=1S/C8H9NO6S.C2H6/c1-2-15-8(11)6-3-5(16(12,13)14)4-9-7(6)10;1-2/h3-4H,2H2,1H3,(H,9,10)(H,12,13,14);1-2H3. The van der Waals surface area contributed by atoms with Gasteiger partial charge in [0.15, 0.2) is 0 Å². The zero-order chi connectivity index (χ0) is 14.3. The van der Waals surface area contributed by atoms with E-state index in [2.05, 4.69) is 4.74 Å². The number of hydrogen-bond acceptors (Lipinski definition) is 5. The summed E-state index contributed by atoms with van der Waals surface area (Å²) in [5.74, 6) is -0.950. The highest BCUT2D eigenvalue weighted by atomic mass is 32.2. The van der Waals surface area contributed by atoms with Gasteiger partial charge >= 0.3 is 5.97 Å². The van der Waals surface area contributed by atoms with Crippen molar-refractivity contribution in [1.29, 1.82) is 0 Å². The zero-order valence-corrected chi connectivity index (χ0v) is 11.1. The average Bonchev–Trinajstić information content (AvgIpc) is 2.31. The van der Waals surface area contributed by atoms with Crippen LogP contribution in [0.25, 0.3) is 0 Å². The Balaban J connectivity index is 0.00000137. The van der Waals surface area contributed by atoms with Gasteiger partial charge in [0, 0.05) is 6.20 Å². The molecule has 0 bridgehead atoms. The summed E-state index contributed by atoms with van der Waals surface area (Å²) in [7, 11) is -4.47. The molecule has 102 valence electrons. The van der Waals surface area contributed by atoms with E-state index < -0.39 is 32.1 Å². The molecule has 0 amide bonds. The number of esters is 1. The number of hydrogen-bond donors (Lipinski definition) is 2. The van der Waals surface area contributed by atoms with Gasteiger partial charge in [0.2, 0.25) is 0 Å². The lowest BCUT2D eigenvalue weighted by Gasteiger charge is -2.02. The van der Waals surface area contributed by atoms with Crippen LogP contribution in [0.15, 0.2) is 22.0 Å². The number of rotatable bonds is 3. The Kier molecular flexibility index (Phi) is 6.28. The van der Waals surface area contributed by atoms with Crippen LogP contribution in [-0.2, 0) is 14.9 Å². The Morgan fingerprint density at radius 3 is 2.44 bits per heavy atom. The van der Waals surface area contributed by atoms with Crippen molar-refractivity contribution in [2.24, 2.45) is 0 Å². The second-order valence-corrected chi connectivity index (χ2v) is 4.20. The average molecular weight is 277 g/mol. The van der Waals surface area contributed by atoms with E-state index in [9.17, 15) is 18.0 Å². The molecule has 0 saturated carbocycles. The second-order valence-electron chi connectivity index (χ2n) is 2.77. The quantitative estimate of drug-likeness (QED) is 0.624. The van der Waals surface area contributed by atoms with Crippen LogP contribution in [0.2, 0.25) is 0 Å². The minimum atomic E-state index is -4.47. The first kappa shape index (κ1) is 16.3. The summed E-state index contributed by atoms with van der Waals surface area (Å²) in [5.41, 5.74) is -1.26. The van der Waals surface area contributed by atoms with Crippen molar-refractivity contribution in [2.45, 2.75) is 25.7 Å². The largest absolute Gasteiger partial charge is 0.462 e. The van der Waals surface area contributed by atoms with Gasteiger partial charge in [-0.1, -0.05) is 13.8 Å². The number of ether oxygens (including phenoxy) is 1. The topological polar surface area (TPSA) is 114 Å². The maximum Gasteiger partial charge on any atom is 0.343 e. The smallest absolute Gasteiger partial charge is 0.343 e. The molecule has 0 fully saturated rings. The lowest BCUT2D eigenvalue weighted by molar-refractivity contribution is 0.0524. The first-order valence-corrected chi connectivity index (χ1v) is 6.67. The highest BCUT2D eigenvalue weighted by Crippen LogP contribution is 2.07. The van der Waals surface area contributed by atoms with Gasteiger partial charge < -0.3 is 9.72 Å². The van der Waals surface area contributed by atoms with Gasteiger partial charge in [-0.2, -0.15) is 8.42 Å². The molecule has 7 nitrogen and oxygen atoms in total. The number of nitrogens with one attached hydrogen (secondary N) is 1. The predicted molar refractivity (Wildman–Crippen MR) is 64.2 cm³/mol. The van der Waals surface area contributed by atoms with Gasteiger partial charge in [0.05, 0.1) is 6.61 Å². The number of H-pyrrole nitrogens is 1. The van der Waals surface area contributed by atoms with Crippen LogP contribution in [0.3, 0.4) is 0 Å². The van der Waals surface area contributed by atoms with Crippen molar-refractivity contribution in [3.05, 3.63) is 28.2 Å². The van der Waals surface area contributed by atoms with E-state index in [1.807, 2.05) is 18.8 Å². The molecule has 0 radical (unpaired) electrons. The monoisotopic (exact) mass is 277 g/mol. The van der Waals surface area contributed by atoms with E-state index in [0.29, 0.717) is 0 Å². The first-order chi connectivity index (χ1) is 8.36. The zero-order valence-electron chi connectivity index (χ0n) is 10.3. The second kappa shape index (κ2) is 6.92. The van der Waals surface area contributed by atoms with Crippen molar-refractivity contribution in [3.8, 4) is 0 Å². The van der Waals surface area contributed by atoms with Crippen LogP contribution in [0.4, 0.5) is 0 Å². The first-order valence-electron chi connectivity index (χ1n) is 5.23. The van der Waals surface area contributed by atoms with Crippen LogP contribution in [-0.4, -0.2) is 30.5 Å². The number of carbonyl (C=O) groups excluding carboxylic acids is 1. The van der Waals surface area contributed by atoms with Gasteiger partial charge in [-0.15, -0.1) is 0 Å². The van der Waals surface area contributed by atoms with Crippen molar-refractivity contribution in [1.82, 2.24) is 4.98 Å². The van der Waals surface area contributed by atoms with Gasteiger partial charge in [0.1, 0.15) is 10.5 Å². The lowest BCUT2D eigenvalue weighted by Crippen LogP contribution is -2.20. The minimum absolute atomic E-state index is 0.0500. The molecule has 0 saturated heterocycles. The Morgan fingerprint density at radius 2 is 2.00 bits per heavy atom. The maximum atomic E-state index is 11.2. The number of aromatic nitrogens is 1. The summed E-state index contributed by atoms with van der Waals surface area (Å²) in [6, 6.07) is 0.756. The SMILES string of the molecule is CC.CCOC(=O)c1cc(S(=O)(=O)O)c[nH]c1=O. The summed E-state index contributed by atoms with van der Waals surface area (Å²) in [4.78, 5) is 23.9. The van der Waals surface area contributed by atoms with Gasteiger partial charge in [-0.05, 0) is 13.0 Å². The Morgan fingerprint density at radius 1 is 1.44 bits per heavy atom. The van der Waals surface area contributed by atoms with Crippen LogP contribution >= 0.6 is 0 Å². The van der Waals surface area contributed by atoms with Crippen LogP contribution in [0, 0.1) is 0 Å².